The van der Waals surface area contributed by atoms with Gasteiger partial charge in [0, 0.05) is 0 Å². The Morgan fingerprint density at radius 2 is 0.958 bits per heavy atom. The van der Waals surface area contributed by atoms with Gasteiger partial charge in [0.25, 0.3) is 6.47 Å². The van der Waals surface area contributed by atoms with Gasteiger partial charge in [0.2, 0.25) is 0 Å². The van der Waals surface area contributed by atoms with Crippen molar-refractivity contribution in [3.8, 4) is 0 Å². The van der Waals surface area contributed by atoms with Crippen molar-refractivity contribution in [3.63, 3.8) is 0 Å². The number of rotatable bonds is 4. The first-order chi connectivity index (χ1) is 9.41. The lowest BCUT2D eigenvalue weighted by atomic mass is 10.3. The zero-order chi connectivity index (χ0) is 19.0. The van der Waals surface area contributed by atoms with Crippen molar-refractivity contribution in [1.29, 1.82) is 0 Å². The van der Waals surface area contributed by atoms with E-state index in [4.69, 9.17) is 0 Å². The van der Waals surface area contributed by atoms with Crippen LogP contribution >= 0.6 is 0 Å². The number of unbranched alkanes of at least 4 members (excludes halogenated alkanes) is 1. The van der Waals surface area contributed by atoms with Crippen LogP contribution in [0.4, 0.5) is 51.8 Å². The van der Waals surface area contributed by atoms with E-state index in [2.05, 4.69) is 4.74 Å². The molecule has 0 heterocycles. The van der Waals surface area contributed by atoms with E-state index in [1.165, 1.54) is 0 Å². The summed E-state index contributed by atoms with van der Waals surface area (Å²) in [5.41, 5.74) is 0. The van der Waals surface area contributed by atoms with Gasteiger partial charge >= 0.3 is 21.8 Å². The Balaban J connectivity index is -0.0000000443. The minimum absolute atomic E-state index is 0. The molecule has 0 aromatic rings. The molecule has 0 aromatic heterocycles. The maximum absolute atomic E-state index is 9.75. The van der Waals surface area contributed by atoms with Crippen LogP contribution in [0.2, 0.25) is 0 Å². The molecular weight excluding hydrogens is 378 g/mol. The summed E-state index contributed by atoms with van der Waals surface area (Å²) in [4.78, 5) is 9.46. The molecule has 0 unspecified atom stereocenters. The van der Waals surface area contributed by atoms with E-state index in [0.29, 0.717) is 13.1 Å². The zero-order valence-corrected chi connectivity index (χ0v) is 11.5. The predicted molar refractivity (Wildman–Crippen MR) is 69.2 cm³/mol. The van der Waals surface area contributed by atoms with E-state index in [1.54, 1.807) is 0 Å². The molecule has 0 aliphatic rings. The van der Waals surface area contributed by atoms with Gasteiger partial charge in [-0.15, -0.1) is 0 Å². The second kappa shape index (κ2) is 19.8. The van der Waals surface area contributed by atoms with Crippen LogP contribution in [-0.4, -0.2) is 34.8 Å². The summed E-state index contributed by atoms with van der Waals surface area (Å²) in [6, 6.07) is 0. The van der Waals surface area contributed by atoms with Crippen LogP contribution in [0.25, 0.3) is 0 Å². The van der Waals surface area contributed by atoms with Gasteiger partial charge in [-0.25, -0.2) is 0 Å². The topological polar surface area (TPSA) is 61.3 Å². The van der Waals surface area contributed by atoms with Crippen molar-refractivity contribution in [2.75, 3.05) is 6.61 Å². The van der Waals surface area contributed by atoms with Crippen LogP contribution < -0.4 is 6.15 Å². The minimum atomic E-state index is -6.00. The molecule has 154 valence electrons. The number of halogens is 12. The molecule has 0 aromatic carbocycles. The zero-order valence-electron chi connectivity index (χ0n) is 11.5. The first-order valence-corrected chi connectivity index (χ1v) is 5.09. The fourth-order valence-electron chi connectivity index (χ4n) is 0.276. The summed E-state index contributed by atoms with van der Waals surface area (Å²) in [5, 5.41) is 0. The van der Waals surface area contributed by atoms with E-state index in [0.717, 1.165) is 12.8 Å². The Bertz CT molecular complexity index is 200. The highest BCUT2D eigenvalue weighted by atomic mass is 19.5. The third-order valence-electron chi connectivity index (χ3n) is 0.684. The van der Waals surface area contributed by atoms with Crippen LogP contribution in [0.15, 0.2) is 0 Å². The Labute approximate surface area is 131 Å². The second-order valence-corrected chi connectivity index (χ2v) is 2.81. The Kier molecular flexibility index (Phi) is 31.7. The summed E-state index contributed by atoms with van der Waals surface area (Å²) in [5.74, 6) is 0. The molecule has 3 N–H and O–H groups in total. The number of carbonyl (C=O) groups is 1. The predicted octanol–water partition coefficient (Wildman–Crippen LogP) is 5.66. The SMILES string of the molecule is C.CCCCOC=O.F[B-](F)(F)F.F[B-](F)(F)F.F[B-](F)(F)F.N. The van der Waals surface area contributed by atoms with Gasteiger partial charge in [-0.1, -0.05) is 20.8 Å². The fourth-order valence-corrected chi connectivity index (χ4v) is 0.276. The first kappa shape index (κ1) is 38.4. The molecule has 0 radical (unpaired) electrons. The van der Waals surface area contributed by atoms with Gasteiger partial charge in [0.1, 0.15) is 0 Å². The molecule has 0 fully saturated rings. The molecule has 18 heteroatoms. The summed E-state index contributed by atoms with van der Waals surface area (Å²) in [6.45, 7) is 3.10. The maximum Gasteiger partial charge on any atom is 0.673 e. The Morgan fingerprint density at radius 3 is 1.08 bits per heavy atom. The van der Waals surface area contributed by atoms with E-state index < -0.39 is 21.8 Å². The van der Waals surface area contributed by atoms with Gasteiger partial charge in [0.05, 0.1) is 6.61 Å². The first-order valence-electron chi connectivity index (χ1n) is 5.09. The van der Waals surface area contributed by atoms with Crippen molar-refractivity contribution in [2.24, 2.45) is 0 Å². The van der Waals surface area contributed by atoms with Crippen molar-refractivity contribution in [3.05, 3.63) is 0 Å². The molecular formula is C6H17B3F12NO2-3. The molecule has 0 aliphatic heterocycles. The lowest BCUT2D eigenvalue weighted by Gasteiger charge is -1.94. The largest absolute Gasteiger partial charge is 0.673 e. The van der Waals surface area contributed by atoms with Gasteiger partial charge in [0.15, 0.2) is 0 Å². The van der Waals surface area contributed by atoms with Crippen LogP contribution in [0.5, 0.6) is 0 Å². The van der Waals surface area contributed by atoms with Crippen molar-refractivity contribution >= 4 is 28.2 Å². The molecule has 0 saturated carbocycles. The number of hydrogen-bond donors (Lipinski definition) is 1. The molecule has 0 atom stereocenters. The van der Waals surface area contributed by atoms with E-state index in [9.17, 15) is 56.6 Å². The molecule has 0 bridgehead atoms. The minimum Gasteiger partial charge on any atom is -0.468 e. The molecule has 0 saturated heterocycles. The van der Waals surface area contributed by atoms with Gasteiger partial charge in [-0.05, 0) is 6.42 Å². The average Bonchev–Trinajstić information content (AvgIpc) is 2.10. The summed E-state index contributed by atoms with van der Waals surface area (Å²) < 4.78 is 121. The van der Waals surface area contributed by atoms with Crippen molar-refractivity contribution in [1.82, 2.24) is 6.15 Å². The van der Waals surface area contributed by atoms with Crippen LogP contribution in [0.1, 0.15) is 27.2 Å². The average molecular weight is 396 g/mol. The monoisotopic (exact) mass is 396 g/mol. The van der Waals surface area contributed by atoms with Crippen LogP contribution in [0.3, 0.4) is 0 Å². The highest BCUT2D eigenvalue weighted by Crippen LogP contribution is 2.07. The van der Waals surface area contributed by atoms with E-state index in [-0.39, 0.29) is 13.6 Å². The molecule has 0 amide bonds. The lowest BCUT2D eigenvalue weighted by Crippen LogP contribution is -2.02. The lowest BCUT2D eigenvalue weighted by molar-refractivity contribution is -0.128. The standard InChI is InChI=1S/C5H10O2.CH4.3BF4.H3N/c1-2-3-4-7-5-6;;3*2-1(3,4)5;/h5H,2-4H2,1H3;1H4;;;;1H3/q;;3*-1;. The summed E-state index contributed by atoms with van der Waals surface area (Å²) >= 11 is 0. The molecule has 0 rings (SSSR count). The number of carbonyl (C=O) groups excluding carboxylic acids is 1. The van der Waals surface area contributed by atoms with Gasteiger partial charge in [-0.2, -0.15) is 0 Å². The molecule has 3 nitrogen and oxygen atoms in total. The highest BCUT2D eigenvalue weighted by Gasteiger charge is 2.21. The Hall–Kier alpha value is -1.22. The molecule has 0 spiro atoms. The molecule has 0 aliphatic carbocycles. The highest BCUT2D eigenvalue weighted by molar-refractivity contribution is 6.50. The number of ether oxygens (including phenoxy) is 1. The number of hydrogen-bond acceptors (Lipinski definition) is 3. The summed E-state index contributed by atoms with van der Waals surface area (Å²) in [7, 11) is -18.0. The molecule has 24 heavy (non-hydrogen) atoms. The fraction of sp³-hybridized carbons (Fsp3) is 0.833. The van der Waals surface area contributed by atoms with Crippen LogP contribution in [0, 0.1) is 0 Å². The third kappa shape index (κ3) is 1050. The van der Waals surface area contributed by atoms with Crippen molar-refractivity contribution in [2.45, 2.75) is 27.2 Å². The van der Waals surface area contributed by atoms with Crippen molar-refractivity contribution < 1.29 is 61.3 Å². The van der Waals surface area contributed by atoms with Crippen LogP contribution in [-0.2, 0) is 9.53 Å². The van der Waals surface area contributed by atoms with Gasteiger partial charge < -0.3 is 62.7 Å². The quantitative estimate of drug-likeness (QED) is 0.289. The summed E-state index contributed by atoms with van der Waals surface area (Å²) in [6.07, 6.45) is 2.05. The van der Waals surface area contributed by atoms with E-state index in [1.807, 2.05) is 6.92 Å². The van der Waals surface area contributed by atoms with Gasteiger partial charge in [-0.3, -0.25) is 4.79 Å². The maximum atomic E-state index is 9.75. The second-order valence-electron chi connectivity index (χ2n) is 2.81. The smallest absolute Gasteiger partial charge is 0.468 e. The van der Waals surface area contributed by atoms with E-state index >= 15 is 0 Å². The normalized spacial score (nSPS) is 9.88. The Morgan fingerprint density at radius 1 is 0.750 bits per heavy atom. The third-order valence-corrected chi connectivity index (χ3v) is 0.684.